The number of fused-ring (bicyclic) bond motifs is 2. The standard InChI is InChI=1S/C21H15FIN7/c1-11(29-21-19-20(26-9-25-19)27-10-28-21)13-8-14-15(22)6-12(23)7-17(14)30-18(13)16-4-2-3-5-24-16/h2-11H,1H3,(H2,25,26,27,28,29)/t11-/m0/s1. The average Bonchev–Trinajstić information content (AvgIpc) is 3.23. The van der Waals surface area contributed by atoms with Gasteiger partial charge in [-0.2, -0.15) is 0 Å². The van der Waals surface area contributed by atoms with Crippen molar-refractivity contribution in [2.45, 2.75) is 13.0 Å². The van der Waals surface area contributed by atoms with Crippen LogP contribution < -0.4 is 5.32 Å². The van der Waals surface area contributed by atoms with Gasteiger partial charge in [-0.1, -0.05) is 6.07 Å². The lowest BCUT2D eigenvalue weighted by Crippen LogP contribution is -2.11. The van der Waals surface area contributed by atoms with Crippen LogP contribution in [0.5, 0.6) is 0 Å². The molecule has 7 nitrogen and oxygen atoms in total. The summed E-state index contributed by atoms with van der Waals surface area (Å²) < 4.78 is 15.5. The number of H-pyrrole nitrogens is 1. The Morgan fingerprint density at radius 2 is 2.00 bits per heavy atom. The van der Waals surface area contributed by atoms with E-state index in [1.54, 1.807) is 12.5 Å². The van der Waals surface area contributed by atoms with Crippen LogP contribution in [0.15, 0.2) is 55.2 Å². The maximum atomic E-state index is 14.7. The van der Waals surface area contributed by atoms with E-state index in [2.05, 4.69) is 52.8 Å². The number of nitrogens with one attached hydrogen (secondary N) is 2. The summed E-state index contributed by atoms with van der Waals surface area (Å²) in [5.74, 6) is 0.309. The Labute approximate surface area is 184 Å². The summed E-state index contributed by atoms with van der Waals surface area (Å²) in [6.07, 6.45) is 4.75. The van der Waals surface area contributed by atoms with Crippen LogP contribution in [-0.2, 0) is 0 Å². The van der Waals surface area contributed by atoms with Crippen LogP contribution in [0.25, 0.3) is 33.5 Å². The van der Waals surface area contributed by atoms with Crippen molar-refractivity contribution in [1.29, 1.82) is 0 Å². The first-order valence-electron chi connectivity index (χ1n) is 9.22. The van der Waals surface area contributed by atoms with Crippen molar-refractivity contribution in [2.24, 2.45) is 0 Å². The molecule has 0 aliphatic rings. The molecule has 0 fully saturated rings. The molecule has 30 heavy (non-hydrogen) atoms. The van der Waals surface area contributed by atoms with Crippen LogP contribution in [0.2, 0.25) is 0 Å². The van der Waals surface area contributed by atoms with Gasteiger partial charge in [-0.3, -0.25) is 4.98 Å². The highest BCUT2D eigenvalue weighted by molar-refractivity contribution is 14.1. The molecular formula is C21H15FIN7. The lowest BCUT2D eigenvalue weighted by Gasteiger charge is -2.19. The Bertz CT molecular complexity index is 1370. The van der Waals surface area contributed by atoms with Crippen LogP contribution in [0.1, 0.15) is 18.5 Å². The van der Waals surface area contributed by atoms with Gasteiger partial charge in [0.2, 0.25) is 0 Å². The Hall–Kier alpha value is -3.21. The lowest BCUT2D eigenvalue weighted by molar-refractivity contribution is 0.638. The predicted octanol–water partition coefficient (Wildman–Crippen LogP) is 4.88. The van der Waals surface area contributed by atoms with E-state index in [-0.39, 0.29) is 11.9 Å². The molecule has 0 spiro atoms. The average molecular weight is 511 g/mol. The molecule has 148 valence electrons. The van der Waals surface area contributed by atoms with Crippen molar-refractivity contribution in [3.05, 3.63) is 70.2 Å². The third kappa shape index (κ3) is 3.34. The Morgan fingerprint density at radius 3 is 2.83 bits per heavy atom. The molecule has 1 aromatic carbocycles. The number of anilines is 1. The van der Waals surface area contributed by atoms with Gasteiger partial charge in [0.25, 0.3) is 0 Å². The van der Waals surface area contributed by atoms with Crippen molar-refractivity contribution in [3.63, 3.8) is 0 Å². The summed E-state index contributed by atoms with van der Waals surface area (Å²) in [6.45, 7) is 1.98. The van der Waals surface area contributed by atoms with E-state index in [0.717, 1.165) is 14.8 Å². The number of hydrogen-bond acceptors (Lipinski definition) is 6. The second-order valence-corrected chi connectivity index (χ2v) is 8.03. The van der Waals surface area contributed by atoms with Gasteiger partial charge in [-0.25, -0.2) is 24.3 Å². The van der Waals surface area contributed by atoms with Crippen molar-refractivity contribution in [3.8, 4) is 11.4 Å². The normalized spacial score (nSPS) is 12.4. The van der Waals surface area contributed by atoms with Crippen LogP contribution >= 0.6 is 22.6 Å². The number of hydrogen-bond donors (Lipinski definition) is 2. The molecule has 0 saturated carbocycles. The van der Waals surface area contributed by atoms with Gasteiger partial charge < -0.3 is 10.3 Å². The van der Waals surface area contributed by atoms with E-state index >= 15 is 0 Å². The summed E-state index contributed by atoms with van der Waals surface area (Å²) in [6, 6.07) is 10.6. The minimum absolute atomic E-state index is 0.237. The van der Waals surface area contributed by atoms with Gasteiger partial charge in [0.05, 0.1) is 29.3 Å². The summed E-state index contributed by atoms with van der Waals surface area (Å²) in [7, 11) is 0. The first kappa shape index (κ1) is 18.8. The molecule has 4 heterocycles. The van der Waals surface area contributed by atoms with Crippen LogP contribution in [0.4, 0.5) is 10.2 Å². The van der Waals surface area contributed by atoms with Gasteiger partial charge in [-0.05, 0) is 59.8 Å². The fraction of sp³-hybridized carbons (Fsp3) is 0.0952. The monoisotopic (exact) mass is 511 g/mol. The minimum atomic E-state index is -0.302. The largest absolute Gasteiger partial charge is 0.362 e. The van der Waals surface area contributed by atoms with E-state index in [1.165, 1.54) is 12.4 Å². The molecule has 5 aromatic rings. The third-order valence-corrected chi connectivity index (χ3v) is 5.45. The van der Waals surface area contributed by atoms with Crippen LogP contribution in [0.3, 0.4) is 0 Å². The molecule has 0 unspecified atom stereocenters. The summed E-state index contributed by atoms with van der Waals surface area (Å²) in [5.41, 5.74) is 4.10. The number of rotatable bonds is 4. The van der Waals surface area contributed by atoms with Crippen molar-refractivity contribution in [1.82, 2.24) is 29.9 Å². The van der Waals surface area contributed by atoms with E-state index in [0.29, 0.717) is 33.6 Å². The number of imidazole rings is 1. The molecule has 0 aliphatic heterocycles. The molecule has 1 atom stereocenters. The van der Waals surface area contributed by atoms with Gasteiger partial charge in [0, 0.05) is 20.7 Å². The van der Waals surface area contributed by atoms with Gasteiger partial charge in [-0.15, -0.1) is 0 Å². The Balaban J connectivity index is 1.67. The van der Waals surface area contributed by atoms with E-state index in [1.807, 2.05) is 37.3 Å². The topological polar surface area (TPSA) is 92.3 Å². The van der Waals surface area contributed by atoms with Crippen molar-refractivity contribution in [2.75, 3.05) is 5.32 Å². The summed E-state index contributed by atoms with van der Waals surface area (Å²) in [5, 5.41) is 3.84. The molecule has 0 radical (unpaired) electrons. The number of benzene rings is 1. The Morgan fingerprint density at radius 1 is 1.10 bits per heavy atom. The second-order valence-electron chi connectivity index (χ2n) is 6.78. The zero-order chi connectivity index (χ0) is 20.7. The smallest absolute Gasteiger partial charge is 0.182 e. The quantitative estimate of drug-likeness (QED) is 0.335. The molecule has 5 rings (SSSR count). The van der Waals surface area contributed by atoms with Gasteiger partial charge >= 0.3 is 0 Å². The lowest BCUT2D eigenvalue weighted by atomic mass is 10.0. The van der Waals surface area contributed by atoms with Crippen LogP contribution in [0, 0.1) is 9.39 Å². The molecule has 2 N–H and O–H groups in total. The molecule has 0 aliphatic carbocycles. The maximum Gasteiger partial charge on any atom is 0.182 e. The number of pyridine rings is 2. The van der Waals surface area contributed by atoms with E-state index < -0.39 is 0 Å². The number of halogens is 2. The maximum absolute atomic E-state index is 14.7. The van der Waals surface area contributed by atoms with Gasteiger partial charge in [0.1, 0.15) is 17.7 Å². The third-order valence-electron chi connectivity index (χ3n) is 4.83. The number of aromatic amines is 1. The molecule has 0 saturated heterocycles. The van der Waals surface area contributed by atoms with Crippen molar-refractivity contribution < 1.29 is 4.39 Å². The fourth-order valence-corrected chi connectivity index (χ4v) is 3.98. The second kappa shape index (κ2) is 7.56. The van der Waals surface area contributed by atoms with Crippen molar-refractivity contribution >= 4 is 50.5 Å². The Kier molecular flexibility index (Phi) is 4.74. The molecular weight excluding hydrogens is 496 g/mol. The van der Waals surface area contributed by atoms with Crippen LogP contribution in [-0.4, -0.2) is 29.9 Å². The SMILES string of the molecule is C[C@H](Nc1ncnc2nc[nH]c12)c1cc2c(F)cc(I)cc2nc1-c1ccccn1. The first-order chi connectivity index (χ1) is 14.6. The predicted molar refractivity (Wildman–Crippen MR) is 121 cm³/mol. The van der Waals surface area contributed by atoms with E-state index in [4.69, 9.17) is 4.98 Å². The highest BCUT2D eigenvalue weighted by atomic mass is 127. The molecule has 9 heteroatoms. The molecule has 4 aromatic heterocycles. The summed E-state index contributed by atoms with van der Waals surface area (Å²) >= 11 is 2.09. The number of nitrogens with zero attached hydrogens (tertiary/aromatic N) is 5. The zero-order valence-corrected chi connectivity index (χ0v) is 17.9. The molecule has 0 bridgehead atoms. The highest BCUT2D eigenvalue weighted by Gasteiger charge is 2.19. The highest BCUT2D eigenvalue weighted by Crippen LogP contribution is 2.32. The minimum Gasteiger partial charge on any atom is -0.362 e. The summed E-state index contributed by atoms with van der Waals surface area (Å²) in [4.78, 5) is 24.9. The first-order valence-corrected chi connectivity index (χ1v) is 10.3. The van der Waals surface area contributed by atoms with Gasteiger partial charge in [0.15, 0.2) is 11.5 Å². The number of aromatic nitrogens is 6. The fourth-order valence-electron chi connectivity index (χ4n) is 3.41. The van der Waals surface area contributed by atoms with E-state index in [9.17, 15) is 4.39 Å². The molecule has 0 amide bonds. The zero-order valence-electron chi connectivity index (χ0n) is 15.8.